The largest absolute Gasteiger partial charge is 0.446 e. The number of hydrogen-bond acceptors (Lipinski definition) is 5. The second-order valence-electron chi connectivity index (χ2n) is 3.03. The van der Waals surface area contributed by atoms with E-state index in [1.54, 1.807) is 0 Å². The van der Waals surface area contributed by atoms with E-state index < -0.39 is 29.9 Å². The lowest BCUT2D eigenvalue weighted by Gasteiger charge is -2.31. The smallest absolute Gasteiger partial charge is 0.307 e. The Labute approximate surface area is 74.8 Å². The number of nitrogens with two attached hydrogens (primary N) is 2. The van der Waals surface area contributed by atoms with Crippen molar-refractivity contribution in [2.75, 3.05) is 6.61 Å². The molecule has 0 aromatic carbocycles. The summed E-state index contributed by atoms with van der Waals surface area (Å²) in [6.45, 7) is -0.295. The number of hydrogen-bond donors (Lipinski definition) is 3. The molecule has 1 amide bonds. The monoisotopic (exact) mass is 188 g/mol. The normalized spacial score (nSPS) is 34.0. The highest BCUT2D eigenvalue weighted by molar-refractivity contribution is 5.81. The molecule has 0 aromatic heterocycles. The van der Waals surface area contributed by atoms with Crippen molar-refractivity contribution >= 4 is 11.9 Å². The lowest BCUT2D eigenvalue weighted by molar-refractivity contribution is -0.166. The van der Waals surface area contributed by atoms with Crippen molar-refractivity contribution in [1.82, 2.24) is 0 Å². The van der Waals surface area contributed by atoms with Crippen LogP contribution in [0.1, 0.15) is 6.42 Å². The highest BCUT2D eigenvalue weighted by Crippen LogP contribution is 2.24. The predicted octanol–water partition coefficient (Wildman–Crippen LogP) is -2.07. The van der Waals surface area contributed by atoms with Crippen molar-refractivity contribution in [1.29, 1.82) is 0 Å². The van der Waals surface area contributed by atoms with Gasteiger partial charge in [0.25, 0.3) is 0 Å². The van der Waals surface area contributed by atoms with Gasteiger partial charge in [0.05, 0.1) is 12.3 Å². The SMILES string of the molecule is NC(=O)C1C(CO)CC(=O)OC1N. The van der Waals surface area contributed by atoms with Crippen molar-refractivity contribution in [2.45, 2.75) is 12.6 Å². The first-order chi connectivity index (χ1) is 6.06. The predicted molar refractivity (Wildman–Crippen MR) is 41.9 cm³/mol. The fraction of sp³-hybridized carbons (Fsp3) is 0.714. The Bertz CT molecular complexity index is 231. The molecule has 0 radical (unpaired) electrons. The number of ether oxygens (including phenoxy) is 1. The average molecular weight is 188 g/mol. The number of primary amides is 1. The standard InChI is InChI=1S/C7H12N2O4/c8-6(12)5-3(2-10)1-4(11)13-7(5)9/h3,5,7,10H,1-2,9H2,(H2,8,12). The van der Waals surface area contributed by atoms with Gasteiger partial charge in [0.15, 0.2) is 6.23 Å². The van der Waals surface area contributed by atoms with E-state index in [1.165, 1.54) is 0 Å². The number of rotatable bonds is 2. The number of cyclic esters (lactones) is 1. The van der Waals surface area contributed by atoms with Gasteiger partial charge in [-0.25, -0.2) is 0 Å². The molecule has 1 fully saturated rings. The maximum absolute atomic E-state index is 10.9. The molecule has 1 saturated heterocycles. The molecule has 74 valence electrons. The van der Waals surface area contributed by atoms with Gasteiger partial charge in [-0.1, -0.05) is 0 Å². The van der Waals surface area contributed by atoms with Crippen LogP contribution >= 0.6 is 0 Å². The molecule has 0 aromatic rings. The fourth-order valence-corrected chi connectivity index (χ4v) is 1.45. The van der Waals surface area contributed by atoms with E-state index in [4.69, 9.17) is 16.6 Å². The molecule has 3 unspecified atom stereocenters. The lowest BCUT2D eigenvalue weighted by Crippen LogP contribution is -2.51. The van der Waals surface area contributed by atoms with E-state index >= 15 is 0 Å². The van der Waals surface area contributed by atoms with Crippen LogP contribution in [-0.4, -0.2) is 29.8 Å². The Morgan fingerprint density at radius 1 is 1.69 bits per heavy atom. The fourth-order valence-electron chi connectivity index (χ4n) is 1.45. The van der Waals surface area contributed by atoms with E-state index in [1.807, 2.05) is 0 Å². The number of esters is 1. The molecular weight excluding hydrogens is 176 g/mol. The van der Waals surface area contributed by atoms with Crippen molar-refractivity contribution in [3.05, 3.63) is 0 Å². The van der Waals surface area contributed by atoms with Crippen LogP contribution in [-0.2, 0) is 14.3 Å². The van der Waals surface area contributed by atoms with Crippen LogP contribution in [0.2, 0.25) is 0 Å². The minimum Gasteiger partial charge on any atom is -0.446 e. The number of carbonyl (C=O) groups is 2. The molecule has 0 spiro atoms. The molecule has 5 N–H and O–H groups in total. The molecule has 1 heterocycles. The van der Waals surface area contributed by atoms with Gasteiger partial charge in [-0.2, -0.15) is 0 Å². The molecule has 6 nitrogen and oxygen atoms in total. The summed E-state index contributed by atoms with van der Waals surface area (Å²) >= 11 is 0. The van der Waals surface area contributed by atoms with Gasteiger partial charge >= 0.3 is 5.97 Å². The summed E-state index contributed by atoms with van der Waals surface area (Å²) in [5, 5.41) is 8.87. The van der Waals surface area contributed by atoms with Crippen LogP contribution < -0.4 is 11.5 Å². The first-order valence-electron chi connectivity index (χ1n) is 3.91. The lowest BCUT2D eigenvalue weighted by atomic mass is 9.86. The average Bonchev–Trinajstić information content (AvgIpc) is 2.01. The van der Waals surface area contributed by atoms with Gasteiger partial charge in [0.1, 0.15) is 0 Å². The Hall–Kier alpha value is -1.14. The molecule has 13 heavy (non-hydrogen) atoms. The van der Waals surface area contributed by atoms with E-state index in [0.717, 1.165) is 0 Å². The Kier molecular flexibility index (Phi) is 2.84. The van der Waals surface area contributed by atoms with Crippen LogP contribution in [0.15, 0.2) is 0 Å². The van der Waals surface area contributed by atoms with Crippen LogP contribution in [0, 0.1) is 11.8 Å². The van der Waals surface area contributed by atoms with Crippen molar-refractivity contribution in [3.63, 3.8) is 0 Å². The third-order valence-electron chi connectivity index (χ3n) is 2.12. The zero-order chi connectivity index (χ0) is 10.0. The Balaban J connectivity index is 2.77. The summed E-state index contributed by atoms with van der Waals surface area (Å²) in [6, 6.07) is 0. The van der Waals surface area contributed by atoms with Crippen LogP contribution in [0.4, 0.5) is 0 Å². The van der Waals surface area contributed by atoms with E-state index in [0.29, 0.717) is 0 Å². The number of carbonyl (C=O) groups excluding carboxylic acids is 2. The minimum absolute atomic E-state index is 0.0161. The van der Waals surface area contributed by atoms with Gasteiger partial charge in [-0.15, -0.1) is 0 Å². The van der Waals surface area contributed by atoms with E-state index in [2.05, 4.69) is 4.74 Å². The summed E-state index contributed by atoms with van der Waals surface area (Å²) in [5.74, 6) is -2.47. The minimum atomic E-state index is -1.03. The van der Waals surface area contributed by atoms with Crippen molar-refractivity contribution in [3.8, 4) is 0 Å². The number of aliphatic hydroxyl groups is 1. The molecule has 0 bridgehead atoms. The summed E-state index contributed by atoms with van der Waals surface area (Å²) in [6.07, 6.45) is -1.05. The molecule has 6 heteroatoms. The van der Waals surface area contributed by atoms with Crippen LogP contribution in [0.3, 0.4) is 0 Å². The third-order valence-corrected chi connectivity index (χ3v) is 2.12. The summed E-state index contributed by atoms with van der Waals surface area (Å²) in [4.78, 5) is 21.7. The Morgan fingerprint density at radius 2 is 2.31 bits per heavy atom. The number of amides is 1. The van der Waals surface area contributed by atoms with Gasteiger partial charge < -0.3 is 15.6 Å². The molecule has 1 aliphatic rings. The summed E-state index contributed by atoms with van der Waals surface area (Å²) in [7, 11) is 0. The third kappa shape index (κ3) is 1.96. The molecule has 1 rings (SSSR count). The van der Waals surface area contributed by atoms with Crippen molar-refractivity contribution in [2.24, 2.45) is 23.3 Å². The second-order valence-corrected chi connectivity index (χ2v) is 3.03. The summed E-state index contributed by atoms with van der Waals surface area (Å²) < 4.78 is 4.62. The maximum Gasteiger partial charge on any atom is 0.307 e. The van der Waals surface area contributed by atoms with Crippen molar-refractivity contribution < 1.29 is 19.4 Å². The molecular formula is C7H12N2O4. The molecule has 3 atom stereocenters. The second kappa shape index (κ2) is 3.71. The maximum atomic E-state index is 10.9. The van der Waals surface area contributed by atoms with E-state index in [-0.39, 0.29) is 13.0 Å². The zero-order valence-corrected chi connectivity index (χ0v) is 6.97. The number of aliphatic hydroxyl groups excluding tert-OH is 1. The van der Waals surface area contributed by atoms with Gasteiger partial charge in [-0.3, -0.25) is 15.3 Å². The van der Waals surface area contributed by atoms with Gasteiger partial charge in [0, 0.05) is 12.5 Å². The Morgan fingerprint density at radius 3 is 2.77 bits per heavy atom. The zero-order valence-electron chi connectivity index (χ0n) is 6.97. The first kappa shape index (κ1) is 9.94. The highest BCUT2D eigenvalue weighted by atomic mass is 16.6. The first-order valence-corrected chi connectivity index (χ1v) is 3.91. The van der Waals surface area contributed by atoms with Crippen LogP contribution in [0.25, 0.3) is 0 Å². The molecule has 0 saturated carbocycles. The quantitative estimate of drug-likeness (QED) is 0.430. The molecule has 0 aliphatic carbocycles. The summed E-state index contributed by atoms with van der Waals surface area (Å²) in [5.41, 5.74) is 10.4. The topological polar surface area (TPSA) is 116 Å². The van der Waals surface area contributed by atoms with Gasteiger partial charge in [-0.05, 0) is 0 Å². The van der Waals surface area contributed by atoms with E-state index in [9.17, 15) is 9.59 Å². The van der Waals surface area contributed by atoms with Gasteiger partial charge in [0.2, 0.25) is 5.91 Å². The highest BCUT2D eigenvalue weighted by Gasteiger charge is 2.39. The molecule has 1 aliphatic heterocycles. The van der Waals surface area contributed by atoms with Crippen LogP contribution in [0.5, 0.6) is 0 Å².